The van der Waals surface area contributed by atoms with Crippen molar-refractivity contribution in [1.29, 1.82) is 0 Å². The maximum atomic E-state index is 13.3. The lowest BCUT2D eigenvalue weighted by Crippen LogP contribution is -2.36. The summed E-state index contributed by atoms with van der Waals surface area (Å²) in [6.07, 6.45) is 0. The number of nitro groups is 2. The van der Waals surface area contributed by atoms with Gasteiger partial charge in [0.05, 0.1) is 31.7 Å². The molecule has 0 saturated carbocycles. The SMILES string of the molecule is CN(C)CCN(C(=O)c1cc([N+](=O)[O-])cc([N+](=O)[O-])c1)c1nc2ccc(Cl)cc2s1.Cl. The maximum absolute atomic E-state index is 13.3. The minimum atomic E-state index is -0.770. The molecular formula is C18H17Cl2N5O5S. The van der Waals surface area contributed by atoms with Crippen LogP contribution >= 0.6 is 35.3 Å². The number of nitro benzene ring substituents is 2. The summed E-state index contributed by atoms with van der Waals surface area (Å²) in [6, 6.07) is 8.02. The molecule has 164 valence electrons. The molecule has 0 bridgehead atoms. The van der Waals surface area contributed by atoms with Gasteiger partial charge in [-0.3, -0.25) is 29.9 Å². The summed E-state index contributed by atoms with van der Waals surface area (Å²) in [4.78, 5) is 41.8. The highest BCUT2D eigenvalue weighted by Gasteiger charge is 2.26. The largest absolute Gasteiger partial charge is 0.308 e. The molecule has 31 heavy (non-hydrogen) atoms. The lowest BCUT2D eigenvalue weighted by molar-refractivity contribution is -0.394. The van der Waals surface area contributed by atoms with Crippen LogP contribution in [0.3, 0.4) is 0 Å². The van der Waals surface area contributed by atoms with Crippen LogP contribution in [0, 0.1) is 20.2 Å². The molecule has 1 heterocycles. The van der Waals surface area contributed by atoms with Crippen molar-refractivity contribution in [2.45, 2.75) is 0 Å². The number of aromatic nitrogens is 1. The van der Waals surface area contributed by atoms with Gasteiger partial charge in [0.25, 0.3) is 17.3 Å². The first-order chi connectivity index (χ1) is 14.2. The van der Waals surface area contributed by atoms with Gasteiger partial charge in [0, 0.05) is 30.2 Å². The van der Waals surface area contributed by atoms with E-state index in [9.17, 15) is 25.0 Å². The van der Waals surface area contributed by atoms with Crippen LogP contribution in [0.25, 0.3) is 10.2 Å². The van der Waals surface area contributed by atoms with Gasteiger partial charge in [0.2, 0.25) is 0 Å². The predicted molar refractivity (Wildman–Crippen MR) is 122 cm³/mol. The van der Waals surface area contributed by atoms with Crippen LogP contribution in [0.1, 0.15) is 10.4 Å². The predicted octanol–water partition coefficient (Wildman–Crippen LogP) is 4.40. The van der Waals surface area contributed by atoms with E-state index < -0.39 is 27.1 Å². The number of rotatable bonds is 7. The minimum absolute atomic E-state index is 0. The maximum Gasteiger partial charge on any atom is 0.277 e. The zero-order valence-electron chi connectivity index (χ0n) is 16.4. The molecule has 3 rings (SSSR count). The fourth-order valence-corrected chi connectivity index (χ4v) is 3.94. The van der Waals surface area contributed by atoms with Crippen molar-refractivity contribution in [2.75, 3.05) is 32.1 Å². The van der Waals surface area contributed by atoms with E-state index in [1.54, 1.807) is 18.2 Å². The Balaban J connectivity index is 0.00000341. The number of fused-ring (bicyclic) bond motifs is 1. The highest BCUT2D eigenvalue weighted by Crippen LogP contribution is 2.32. The number of amides is 1. The van der Waals surface area contributed by atoms with Gasteiger partial charge in [-0.1, -0.05) is 22.9 Å². The molecule has 0 saturated heterocycles. The standard InChI is InChI=1S/C18H16ClN5O5S.ClH/c1-21(2)5-6-22(18-20-15-4-3-12(19)9-16(15)30-18)17(25)11-7-13(23(26)27)10-14(8-11)24(28)29;/h3-4,7-10H,5-6H2,1-2H3;1H. The molecule has 1 aromatic heterocycles. The van der Waals surface area contributed by atoms with Crippen molar-refractivity contribution >= 4 is 68.0 Å². The van der Waals surface area contributed by atoms with Gasteiger partial charge < -0.3 is 4.90 Å². The van der Waals surface area contributed by atoms with Crippen molar-refractivity contribution in [3.05, 3.63) is 67.2 Å². The van der Waals surface area contributed by atoms with E-state index in [1.165, 1.54) is 16.2 Å². The molecule has 0 aliphatic carbocycles. The average molecular weight is 486 g/mol. The van der Waals surface area contributed by atoms with Gasteiger partial charge in [-0.2, -0.15) is 0 Å². The Bertz CT molecular complexity index is 1120. The molecule has 0 radical (unpaired) electrons. The molecule has 1 amide bonds. The molecule has 0 atom stereocenters. The van der Waals surface area contributed by atoms with Crippen LogP contribution in [0.4, 0.5) is 16.5 Å². The molecule has 0 fully saturated rings. The van der Waals surface area contributed by atoms with E-state index in [-0.39, 0.29) is 24.5 Å². The molecule has 0 unspecified atom stereocenters. The van der Waals surface area contributed by atoms with Crippen molar-refractivity contribution < 1.29 is 14.6 Å². The topological polar surface area (TPSA) is 123 Å². The number of non-ortho nitro benzene ring substituents is 2. The fourth-order valence-electron chi connectivity index (χ4n) is 2.67. The molecule has 0 aliphatic heterocycles. The highest BCUT2D eigenvalue weighted by molar-refractivity contribution is 7.22. The van der Waals surface area contributed by atoms with E-state index in [2.05, 4.69) is 4.98 Å². The van der Waals surface area contributed by atoms with E-state index >= 15 is 0 Å². The number of hydrogen-bond donors (Lipinski definition) is 0. The average Bonchev–Trinajstić information content (AvgIpc) is 3.09. The third-order valence-corrected chi connectivity index (χ3v) is 5.43. The first-order valence-electron chi connectivity index (χ1n) is 8.62. The summed E-state index contributed by atoms with van der Waals surface area (Å²) in [5, 5.41) is 23.3. The molecule has 2 aromatic carbocycles. The molecule has 13 heteroatoms. The van der Waals surface area contributed by atoms with Crippen LogP contribution in [-0.4, -0.2) is 52.8 Å². The Morgan fingerprint density at radius 3 is 2.23 bits per heavy atom. The smallest absolute Gasteiger partial charge is 0.277 e. The number of hydrogen-bond acceptors (Lipinski definition) is 8. The van der Waals surface area contributed by atoms with Crippen molar-refractivity contribution in [1.82, 2.24) is 9.88 Å². The Morgan fingerprint density at radius 2 is 1.68 bits per heavy atom. The zero-order chi connectivity index (χ0) is 22.0. The van der Waals surface area contributed by atoms with Crippen molar-refractivity contribution in [2.24, 2.45) is 0 Å². The molecule has 0 aliphatic rings. The van der Waals surface area contributed by atoms with Crippen LogP contribution in [-0.2, 0) is 0 Å². The van der Waals surface area contributed by atoms with Gasteiger partial charge >= 0.3 is 0 Å². The number of nitrogens with zero attached hydrogens (tertiary/aromatic N) is 5. The minimum Gasteiger partial charge on any atom is -0.308 e. The monoisotopic (exact) mass is 485 g/mol. The second kappa shape index (κ2) is 9.96. The number of halogens is 2. The Hall–Kier alpha value is -2.86. The van der Waals surface area contributed by atoms with Gasteiger partial charge in [0.15, 0.2) is 5.13 Å². The first kappa shape index (κ1) is 24.4. The number of likely N-dealkylation sites (N-methyl/N-ethyl adjacent to an activating group) is 1. The summed E-state index contributed by atoms with van der Waals surface area (Å²) in [6.45, 7) is 0.718. The number of carbonyl (C=O) groups is 1. The van der Waals surface area contributed by atoms with Crippen LogP contribution in [0.15, 0.2) is 36.4 Å². The third kappa shape index (κ3) is 5.64. The van der Waals surface area contributed by atoms with Gasteiger partial charge in [-0.25, -0.2) is 4.98 Å². The number of thiazole rings is 1. The normalized spacial score (nSPS) is 10.7. The van der Waals surface area contributed by atoms with E-state index in [0.717, 1.165) is 22.9 Å². The first-order valence-corrected chi connectivity index (χ1v) is 9.81. The highest BCUT2D eigenvalue weighted by atomic mass is 35.5. The summed E-state index contributed by atoms with van der Waals surface area (Å²) in [7, 11) is 3.66. The van der Waals surface area contributed by atoms with Crippen LogP contribution in [0.5, 0.6) is 0 Å². The summed E-state index contributed by atoms with van der Waals surface area (Å²) in [5.74, 6) is -0.617. The van der Waals surface area contributed by atoms with E-state index in [1.807, 2.05) is 19.0 Å². The van der Waals surface area contributed by atoms with Crippen LogP contribution in [0.2, 0.25) is 5.02 Å². The molecule has 0 N–H and O–H groups in total. The van der Waals surface area contributed by atoms with E-state index in [0.29, 0.717) is 22.2 Å². The lowest BCUT2D eigenvalue weighted by Gasteiger charge is -2.22. The van der Waals surface area contributed by atoms with Gasteiger partial charge in [0.1, 0.15) is 0 Å². The van der Waals surface area contributed by atoms with Gasteiger partial charge in [-0.15, -0.1) is 12.4 Å². The summed E-state index contributed by atoms with van der Waals surface area (Å²) < 4.78 is 0.769. The Labute approximate surface area is 191 Å². The van der Waals surface area contributed by atoms with E-state index in [4.69, 9.17) is 11.6 Å². The van der Waals surface area contributed by atoms with Gasteiger partial charge in [-0.05, 0) is 32.3 Å². The fraction of sp³-hybridized carbons (Fsp3) is 0.222. The summed E-state index contributed by atoms with van der Waals surface area (Å²) in [5.41, 5.74) is -0.577. The van der Waals surface area contributed by atoms with Crippen molar-refractivity contribution in [3.8, 4) is 0 Å². The van der Waals surface area contributed by atoms with Crippen molar-refractivity contribution in [3.63, 3.8) is 0 Å². The second-order valence-electron chi connectivity index (χ2n) is 6.62. The lowest BCUT2D eigenvalue weighted by atomic mass is 10.1. The number of benzene rings is 2. The summed E-state index contributed by atoms with van der Waals surface area (Å²) >= 11 is 7.27. The number of carbonyl (C=O) groups excluding carboxylic acids is 1. The third-order valence-electron chi connectivity index (χ3n) is 4.16. The number of anilines is 1. The Morgan fingerprint density at radius 1 is 1.06 bits per heavy atom. The Kier molecular flexibility index (Phi) is 7.85. The second-order valence-corrected chi connectivity index (χ2v) is 8.07. The molecular weight excluding hydrogens is 469 g/mol. The molecule has 0 spiro atoms. The van der Waals surface area contributed by atoms with Crippen LogP contribution < -0.4 is 4.90 Å². The quantitative estimate of drug-likeness (QED) is 0.358. The molecule has 10 nitrogen and oxygen atoms in total. The molecule has 3 aromatic rings. The zero-order valence-corrected chi connectivity index (χ0v) is 18.7.